The van der Waals surface area contributed by atoms with Gasteiger partial charge in [0.15, 0.2) is 8.32 Å². The van der Waals surface area contributed by atoms with Crippen LogP contribution in [0.1, 0.15) is 67.2 Å². The van der Waals surface area contributed by atoms with Gasteiger partial charge in [-0.15, -0.1) is 0 Å². The minimum Gasteiger partial charge on any atom is -0.466 e. The van der Waals surface area contributed by atoms with Gasteiger partial charge in [-0.25, -0.2) is 0 Å². The van der Waals surface area contributed by atoms with E-state index in [2.05, 4.69) is 47.7 Å². The summed E-state index contributed by atoms with van der Waals surface area (Å²) < 4.78 is 18.2. The van der Waals surface area contributed by atoms with Gasteiger partial charge in [0.05, 0.1) is 37.4 Å². The van der Waals surface area contributed by atoms with E-state index in [9.17, 15) is 9.90 Å². The largest absolute Gasteiger partial charge is 0.466 e. The summed E-state index contributed by atoms with van der Waals surface area (Å²) in [5.74, 6) is 0.896. The lowest BCUT2D eigenvalue weighted by Gasteiger charge is -2.46. The monoisotopic (exact) mass is 414 g/mol. The number of carbonyl (C=O) groups is 1. The predicted octanol–water partition coefficient (Wildman–Crippen LogP) is 4.53. The third kappa shape index (κ3) is 6.03. The number of esters is 1. The molecule has 2 rings (SSSR count). The lowest BCUT2D eigenvalue weighted by atomic mass is 9.87. The molecule has 1 saturated heterocycles. The molecule has 0 aromatic heterocycles. The Bertz CT molecular complexity index is 530. The van der Waals surface area contributed by atoms with E-state index in [-0.39, 0.29) is 47.8 Å². The summed E-state index contributed by atoms with van der Waals surface area (Å²) in [6, 6.07) is 0. The number of rotatable bonds is 8. The van der Waals surface area contributed by atoms with E-state index in [1.54, 1.807) is 0 Å². The SMILES string of the molecule is CCOC(=O)C[C@@H]1O[C@H](C[C@H](O)[C@H]2C[C@@H]2C)C[C@H](O[Si](C)(C)C(C)(C)C)[C@H]1C. The molecule has 1 aliphatic heterocycles. The Kier molecular flexibility index (Phi) is 7.79. The van der Waals surface area contributed by atoms with Crippen LogP contribution in [0.2, 0.25) is 18.1 Å². The standard InChI is InChI=1S/C22H42O5Si/c1-9-25-21(24)13-19-15(3)20(27-28(7,8)22(4,5)6)12-16(26-19)11-18(23)17-10-14(17)2/h14-20,23H,9-13H2,1-8H3/t14-,15-,16+,17-,18-,19-,20-/m0/s1. The van der Waals surface area contributed by atoms with E-state index in [1.807, 2.05) is 6.92 Å². The van der Waals surface area contributed by atoms with Crippen LogP contribution in [0.5, 0.6) is 0 Å². The molecule has 7 atom stereocenters. The second kappa shape index (κ2) is 9.15. The fourth-order valence-electron chi connectivity index (χ4n) is 3.95. The third-order valence-electron chi connectivity index (χ3n) is 7.13. The van der Waals surface area contributed by atoms with Gasteiger partial charge in [-0.2, -0.15) is 0 Å². The first-order valence-electron chi connectivity index (χ1n) is 11.0. The maximum absolute atomic E-state index is 12.1. The molecule has 1 heterocycles. The van der Waals surface area contributed by atoms with E-state index < -0.39 is 8.32 Å². The van der Waals surface area contributed by atoms with Crippen LogP contribution in [0.4, 0.5) is 0 Å². The molecular weight excluding hydrogens is 372 g/mol. The van der Waals surface area contributed by atoms with Crippen molar-refractivity contribution in [3.63, 3.8) is 0 Å². The van der Waals surface area contributed by atoms with Crippen molar-refractivity contribution in [2.75, 3.05) is 6.61 Å². The minimum atomic E-state index is -1.94. The molecule has 1 aliphatic carbocycles. The van der Waals surface area contributed by atoms with Crippen molar-refractivity contribution in [2.45, 2.75) is 110 Å². The normalized spacial score (nSPS) is 34.8. The molecule has 0 unspecified atom stereocenters. The Hall–Kier alpha value is -0.433. The highest BCUT2D eigenvalue weighted by atomic mass is 28.4. The summed E-state index contributed by atoms with van der Waals surface area (Å²) in [7, 11) is -1.94. The molecule has 0 radical (unpaired) electrons. The van der Waals surface area contributed by atoms with Crippen LogP contribution in [0.3, 0.4) is 0 Å². The molecular formula is C22H42O5Si. The molecule has 0 amide bonds. The smallest absolute Gasteiger partial charge is 0.308 e. The zero-order chi connectivity index (χ0) is 21.3. The topological polar surface area (TPSA) is 65.0 Å². The molecule has 0 bridgehead atoms. The molecule has 0 aromatic carbocycles. The van der Waals surface area contributed by atoms with Crippen molar-refractivity contribution in [1.29, 1.82) is 0 Å². The highest BCUT2D eigenvalue weighted by Crippen LogP contribution is 2.44. The number of hydrogen-bond acceptors (Lipinski definition) is 5. The van der Waals surface area contributed by atoms with Crippen molar-refractivity contribution in [3.05, 3.63) is 0 Å². The number of hydrogen-bond donors (Lipinski definition) is 1. The van der Waals surface area contributed by atoms with E-state index >= 15 is 0 Å². The maximum Gasteiger partial charge on any atom is 0.308 e. The van der Waals surface area contributed by atoms with Gasteiger partial charge in [-0.1, -0.05) is 34.6 Å². The highest BCUT2D eigenvalue weighted by molar-refractivity contribution is 6.74. The van der Waals surface area contributed by atoms with Gasteiger partial charge >= 0.3 is 5.97 Å². The average molecular weight is 415 g/mol. The quantitative estimate of drug-likeness (QED) is 0.467. The van der Waals surface area contributed by atoms with E-state index in [0.29, 0.717) is 24.9 Å². The third-order valence-corrected chi connectivity index (χ3v) is 11.6. The Morgan fingerprint density at radius 2 is 1.86 bits per heavy atom. The Morgan fingerprint density at radius 1 is 1.25 bits per heavy atom. The fourth-order valence-corrected chi connectivity index (χ4v) is 5.37. The second-order valence-corrected chi connectivity index (χ2v) is 15.3. The van der Waals surface area contributed by atoms with Crippen LogP contribution in [0.25, 0.3) is 0 Å². The van der Waals surface area contributed by atoms with Gasteiger partial charge in [0.2, 0.25) is 0 Å². The summed E-state index contributed by atoms with van der Waals surface area (Å²) in [6.45, 7) is 17.8. The van der Waals surface area contributed by atoms with Crippen molar-refractivity contribution in [2.24, 2.45) is 17.8 Å². The molecule has 164 valence electrons. The van der Waals surface area contributed by atoms with Gasteiger partial charge in [0.25, 0.3) is 0 Å². The van der Waals surface area contributed by atoms with Gasteiger partial charge in [-0.3, -0.25) is 4.79 Å². The number of aliphatic hydroxyl groups is 1. The van der Waals surface area contributed by atoms with E-state index in [1.165, 1.54) is 0 Å². The Labute approximate surface area is 172 Å². The Morgan fingerprint density at radius 3 is 2.36 bits per heavy atom. The minimum absolute atomic E-state index is 0.0443. The lowest BCUT2D eigenvalue weighted by molar-refractivity contribution is -0.163. The summed E-state index contributed by atoms with van der Waals surface area (Å²) >= 11 is 0. The van der Waals surface area contributed by atoms with Crippen molar-refractivity contribution < 1.29 is 23.8 Å². The van der Waals surface area contributed by atoms with Gasteiger partial charge in [0, 0.05) is 5.92 Å². The molecule has 1 N–H and O–H groups in total. The van der Waals surface area contributed by atoms with Crippen LogP contribution < -0.4 is 0 Å². The summed E-state index contributed by atoms with van der Waals surface area (Å²) in [5, 5.41) is 10.7. The van der Waals surface area contributed by atoms with E-state index in [0.717, 1.165) is 12.8 Å². The molecule has 2 aliphatic rings. The van der Waals surface area contributed by atoms with Crippen LogP contribution >= 0.6 is 0 Å². The summed E-state index contributed by atoms with van der Waals surface area (Å²) in [4.78, 5) is 12.1. The van der Waals surface area contributed by atoms with E-state index in [4.69, 9.17) is 13.9 Å². The molecule has 6 heteroatoms. The number of carbonyl (C=O) groups excluding carboxylic acids is 1. The summed E-state index contributed by atoms with van der Waals surface area (Å²) in [5.41, 5.74) is 0. The Balaban J connectivity index is 2.11. The van der Waals surface area contributed by atoms with Gasteiger partial charge < -0.3 is 19.0 Å². The van der Waals surface area contributed by atoms with Gasteiger partial charge in [-0.05, 0) is 56.2 Å². The highest BCUT2D eigenvalue weighted by Gasteiger charge is 2.46. The van der Waals surface area contributed by atoms with Crippen molar-refractivity contribution in [1.82, 2.24) is 0 Å². The first-order valence-corrected chi connectivity index (χ1v) is 13.9. The van der Waals surface area contributed by atoms with Gasteiger partial charge in [0.1, 0.15) is 0 Å². The molecule has 28 heavy (non-hydrogen) atoms. The van der Waals surface area contributed by atoms with Crippen LogP contribution in [-0.4, -0.2) is 50.4 Å². The fraction of sp³-hybridized carbons (Fsp3) is 0.955. The van der Waals surface area contributed by atoms with Crippen LogP contribution in [0.15, 0.2) is 0 Å². The summed E-state index contributed by atoms with van der Waals surface area (Å²) in [6.07, 6.45) is 2.17. The number of ether oxygens (including phenoxy) is 2. The molecule has 2 fully saturated rings. The number of aliphatic hydroxyl groups excluding tert-OH is 1. The van der Waals surface area contributed by atoms with Crippen molar-refractivity contribution in [3.8, 4) is 0 Å². The lowest BCUT2D eigenvalue weighted by Crippen LogP contribution is -2.52. The van der Waals surface area contributed by atoms with Crippen LogP contribution in [-0.2, 0) is 18.7 Å². The zero-order valence-corrected chi connectivity index (χ0v) is 20.2. The first-order chi connectivity index (χ1) is 12.9. The molecule has 5 nitrogen and oxygen atoms in total. The van der Waals surface area contributed by atoms with Crippen LogP contribution in [0, 0.1) is 17.8 Å². The molecule has 1 saturated carbocycles. The maximum atomic E-state index is 12.1. The average Bonchev–Trinajstić information content (AvgIpc) is 3.27. The molecule has 0 spiro atoms. The molecule has 0 aromatic rings. The first kappa shape index (κ1) is 23.8. The zero-order valence-electron chi connectivity index (χ0n) is 19.2. The van der Waals surface area contributed by atoms with Crippen molar-refractivity contribution >= 4 is 14.3 Å². The predicted molar refractivity (Wildman–Crippen MR) is 114 cm³/mol. The second-order valence-electron chi connectivity index (χ2n) is 10.5.